The summed E-state index contributed by atoms with van der Waals surface area (Å²) in [5, 5.41) is 29.7. The third kappa shape index (κ3) is 32.5. The normalized spacial score (nSPS) is 14.5. The maximum Gasteiger partial charge on any atom is 0.305 e. The predicted octanol–water partition coefficient (Wildman–Crippen LogP) is 8.16. The van der Waals surface area contributed by atoms with Gasteiger partial charge in [-0.15, -0.1) is 0 Å². The van der Waals surface area contributed by atoms with Crippen LogP contribution < -0.4 is 0 Å². The summed E-state index contributed by atoms with van der Waals surface area (Å²) in [4.78, 5) is 23.8. The summed E-state index contributed by atoms with van der Waals surface area (Å²) in [7, 11) is 0. The summed E-state index contributed by atoms with van der Waals surface area (Å²) in [6.45, 7) is 3.90. The van der Waals surface area contributed by atoms with Gasteiger partial charge in [0.15, 0.2) is 0 Å². The Morgan fingerprint density at radius 1 is 0.600 bits per heavy atom. The summed E-state index contributed by atoms with van der Waals surface area (Å²) >= 11 is 0. The molecule has 0 aromatic carbocycles. The van der Waals surface area contributed by atoms with Crippen molar-refractivity contribution in [2.75, 3.05) is 13.2 Å². The molecule has 0 saturated heterocycles. The number of hydrogen-bond acceptors (Lipinski definition) is 7. The van der Waals surface area contributed by atoms with E-state index in [4.69, 9.17) is 9.47 Å². The molecule has 7 nitrogen and oxygen atoms in total. The molecule has 0 aliphatic rings. The van der Waals surface area contributed by atoms with Crippen LogP contribution in [0.1, 0.15) is 123 Å². The number of aliphatic hydroxyl groups excluding tert-OH is 3. The van der Waals surface area contributed by atoms with Crippen LogP contribution >= 0.6 is 0 Å². The fraction of sp³-hybridized carbons (Fsp3) is 0.632. The molecule has 0 aliphatic carbocycles. The van der Waals surface area contributed by atoms with Crippen molar-refractivity contribution in [2.24, 2.45) is 0 Å². The maximum absolute atomic E-state index is 11.9. The van der Waals surface area contributed by atoms with Crippen molar-refractivity contribution < 1.29 is 34.4 Å². The third-order valence-corrected chi connectivity index (χ3v) is 6.88. The average molecular weight is 631 g/mol. The highest BCUT2D eigenvalue weighted by molar-refractivity contribution is 5.69. The van der Waals surface area contributed by atoms with Gasteiger partial charge >= 0.3 is 11.9 Å². The van der Waals surface area contributed by atoms with Gasteiger partial charge in [-0.3, -0.25) is 9.59 Å². The molecular formula is C38H62O7. The predicted molar refractivity (Wildman–Crippen MR) is 185 cm³/mol. The van der Waals surface area contributed by atoms with Crippen molar-refractivity contribution in [1.29, 1.82) is 0 Å². The molecule has 0 fully saturated rings. The summed E-state index contributed by atoms with van der Waals surface area (Å²) < 4.78 is 10.2. The number of aliphatic hydroxyl groups is 3. The van der Waals surface area contributed by atoms with E-state index in [9.17, 15) is 24.9 Å². The number of rotatable bonds is 29. The zero-order valence-corrected chi connectivity index (χ0v) is 28.1. The molecule has 0 rings (SSSR count). The molecule has 0 spiro atoms. The van der Waals surface area contributed by atoms with Gasteiger partial charge in [-0.1, -0.05) is 145 Å². The summed E-state index contributed by atoms with van der Waals surface area (Å²) in [5.41, 5.74) is 0. The quantitative estimate of drug-likeness (QED) is 0.0331. The van der Waals surface area contributed by atoms with E-state index in [2.05, 4.69) is 13.8 Å². The van der Waals surface area contributed by atoms with Gasteiger partial charge in [0.05, 0.1) is 12.2 Å². The fourth-order valence-electron chi connectivity index (χ4n) is 4.24. The number of carbonyl (C=O) groups is 2. The minimum absolute atomic E-state index is 0.177. The van der Waals surface area contributed by atoms with Gasteiger partial charge in [-0.25, -0.2) is 0 Å². The Kier molecular flexibility index (Phi) is 30.7. The van der Waals surface area contributed by atoms with Crippen LogP contribution in [0.4, 0.5) is 0 Å². The van der Waals surface area contributed by atoms with Crippen molar-refractivity contribution in [3.05, 3.63) is 72.9 Å². The second-order valence-electron chi connectivity index (χ2n) is 11.3. The van der Waals surface area contributed by atoms with E-state index in [1.54, 1.807) is 24.3 Å². The molecule has 0 saturated carbocycles. The van der Waals surface area contributed by atoms with E-state index >= 15 is 0 Å². The first-order valence-corrected chi connectivity index (χ1v) is 17.2. The third-order valence-electron chi connectivity index (χ3n) is 6.88. The van der Waals surface area contributed by atoms with Gasteiger partial charge in [0.2, 0.25) is 0 Å². The van der Waals surface area contributed by atoms with E-state index in [0.717, 1.165) is 32.1 Å². The second-order valence-corrected chi connectivity index (χ2v) is 11.3. The molecule has 45 heavy (non-hydrogen) atoms. The Morgan fingerprint density at radius 2 is 1.16 bits per heavy atom. The Labute approximate surface area is 273 Å². The van der Waals surface area contributed by atoms with Gasteiger partial charge in [-0.2, -0.15) is 0 Å². The van der Waals surface area contributed by atoms with Crippen LogP contribution in [0.15, 0.2) is 72.9 Å². The first-order chi connectivity index (χ1) is 21.9. The average Bonchev–Trinajstić information content (AvgIpc) is 3.02. The number of hydrogen-bond donors (Lipinski definition) is 3. The van der Waals surface area contributed by atoms with Crippen molar-refractivity contribution >= 4 is 11.9 Å². The lowest BCUT2D eigenvalue weighted by molar-refractivity contribution is -0.152. The van der Waals surface area contributed by atoms with E-state index in [0.29, 0.717) is 25.7 Å². The first-order valence-electron chi connectivity index (χ1n) is 17.2. The van der Waals surface area contributed by atoms with Crippen LogP contribution in [0.2, 0.25) is 0 Å². The molecular weight excluding hydrogens is 568 g/mol. The minimum atomic E-state index is -1.04. The van der Waals surface area contributed by atoms with E-state index in [-0.39, 0.29) is 25.6 Å². The molecule has 0 bridgehead atoms. The van der Waals surface area contributed by atoms with Crippen LogP contribution in [-0.2, 0) is 19.1 Å². The molecule has 0 amide bonds. The number of allylic oxidation sites excluding steroid dienone is 8. The SMILES string of the molecule is CC/C=C\C[C@@H](O)/C=C/C=C\C/C=C\C=C\[C@@H](O)/C=C\CCCC(=O)OC[C@@H](O)COC(=O)CCCCCCCCCCCC. The van der Waals surface area contributed by atoms with Crippen molar-refractivity contribution in [2.45, 2.75) is 141 Å². The molecule has 0 radical (unpaired) electrons. The number of carbonyl (C=O) groups excluding carboxylic acids is 2. The van der Waals surface area contributed by atoms with Crippen LogP contribution in [0.25, 0.3) is 0 Å². The van der Waals surface area contributed by atoms with Crippen LogP contribution in [0.3, 0.4) is 0 Å². The van der Waals surface area contributed by atoms with Gasteiger partial charge in [-0.05, 0) is 38.5 Å². The van der Waals surface area contributed by atoms with Crippen molar-refractivity contribution in [3.8, 4) is 0 Å². The molecule has 3 atom stereocenters. The lowest BCUT2D eigenvalue weighted by Crippen LogP contribution is -2.25. The van der Waals surface area contributed by atoms with Crippen LogP contribution in [-0.4, -0.2) is 58.8 Å². The topological polar surface area (TPSA) is 113 Å². The Morgan fingerprint density at radius 3 is 1.76 bits per heavy atom. The molecule has 0 aromatic rings. The Hall–Kier alpha value is -2.74. The number of ether oxygens (including phenoxy) is 2. The summed E-state index contributed by atoms with van der Waals surface area (Å²) in [5.74, 6) is -0.751. The van der Waals surface area contributed by atoms with Crippen molar-refractivity contribution in [1.82, 2.24) is 0 Å². The van der Waals surface area contributed by atoms with Gasteiger partial charge < -0.3 is 24.8 Å². The highest BCUT2D eigenvalue weighted by atomic mass is 16.6. The number of esters is 2. The molecule has 0 aliphatic heterocycles. The Balaban J connectivity index is 3.80. The van der Waals surface area contributed by atoms with Crippen molar-refractivity contribution in [3.63, 3.8) is 0 Å². The van der Waals surface area contributed by atoms with Gasteiger partial charge in [0.1, 0.15) is 19.3 Å². The fourth-order valence-corrected chi connectivity index (χ4v) is 4.24. The summed E-state index contributed by atoms with van der Waals surface area (Å²) in [6, 6.07) is 0. The summed E-state index contributed by atoms with van der Waals surface area (Å²) in [6.07, 6.45) is 36.0. The molecule has 0 heterocycles. The molecule has 256 valence electrons. The van der Waals surface area contributed by atoms with Gasteiger partial charge in [0.25, 0.3) is 0 Å². The second kappa shape index (κ2) is 32.6. The zero-order valence-electron chi connectivity index (χ0n) is 28.1. The molecule has 7 heteroatoms. The smallest absolute Gasteiger partial charge is 0.305 e. The van der Waals surface area contributed by atoms with Crippen LogP contribution in [0.5, 0.6) is 0 Å². The minimum Gasteiger partial charge on any atom is -0.463 e. The lowest BCUT2D eigenvalue weighted by atomic mass is 10.1. The highest BCUT2D eigenvalue weighted by Gasteiger charge is 2.12. The van der Waals surface area contributed by atoms with E-state index < -0.39 is 24.3 Å². The number of unbranched alkanes of at least 4 members (excludes halogenated alkanes) is 10. The standard InChI is InChI=1S/C38H62O7/c1-3-5-7-8-9-10-11-15-18-24-30-37(42)44-32-36(41)33-45-38(43)31-25-19-23-29-35(40)28-22-17-14-12-13-16-21-27-34(39)26-20-6-4-2/h6,13-14,16-17,20-23,27-29,34-36,39-41H,3-5,7-12,15,18-19,24-26,30-33H2,1-2H3/b16-13-,17-14-,20-6-,27-21+,28-22+,29-23-/t34-,35-,36+/m1/s1. The largest absolute Gasteiger partial charge is 0.463 e. The van der Waals surface area contributed by atoms with Crippen LogP contribution in [0, 0.1) is 0 Å². The first kappa shape index (κ1) is 42.3. The van der Waals surface area contributed by atoms with E-state index in [1.165, 1.54) is 44.9 Å². The maximum atomic E-state index is 11.9. The molecule has 3 N–H and O–H groups in total. The monoisotopic (exact) mass is 630 g/mol. The zero-order chi connectivity index (χ0) is 33.2. The lowest BCUT2D eigenvalue weighted by Gasteiger charge is -2.12. The molecule has 0 unspecified atom stereocenters. The Bertz CT molecular complexity index is 885. The molecule has 0 aromatic heterocycles. The van der Waals surface area contributed by atoms with E-state index in [1.807, 2.05) is 48.6 Å². The highest BCUT2D eigenvalue weighted by Crippen LogP contribution is 2.11. The van der Waals surface area contributed by atoms with Gasteiger partial charge in [0, 0.05) is 12.8 Å².